The van der Waals surface area contributed by atoms with Crippen LogP contribution in [-0.4, -0.2) is 0 Å². The molecule has 11 rings (SSSR count). The maximum atomic E-state index is 6.47. The van der Waals surface area contributed by atoms with Gasteiger partial charge >= 0.3 is 0 Å². The van der Waals surface area contributed by atoms with Crippen molar-refractivity contribution in [3.63, 3.8) is 0 Å². The van der Waals surface area contributed by atoms with Crippen molar-refractivity contribution in [1.29, 1.82) is 0 Å². The highest BCUT2D eigenvalue weighted by Gasteiger charge is 2.15. The lowest BCUT2D eigenvalue weighted by molar-refractivity contribution is 0.670. The molecule has 0 amide bonds. The molecule has 0 atom stereocenters. The van der Waals surface area contributed by atoms with Gasteiger partial charge in [-0.25, -0.2) is 0 Å². The summed E-state index contributed by atoms with van der Waals surface area (Å²) in [6, 6.07) is 66.4. The van der Waals surface area contributed by atoms with Crippen molar-refractivity contribution in [2.24, 2.45) is 0 Å². The summed E-state index contributed by atoms with van der Waals surface area (Å²) in [5.74, 6) is 0. The van der Waals surface area contributed by atoms with E-state index < -0.39 is 0 Å². The lowest BCUT2D eigenvalue weighted by Gasteiger charge is -2.14. The van der Waals surface area contributed by atoms with Gasteiger partial charge in [-0.1, -0.05) is 152 Å². The number of benzene rings is 10. The van der Waals surface area contributed by atoms with Crippen LogP contribution in [0.15, 0.2) is 186 Å². The van der Waals surface area contributed by atoms with Crippen molar-refractivity contribution in [3.05, 3.63) is 182 Å². The highest BCUT2D eigenvalue weighted by atomic mass is 16.3. The van der Waals surface area contributed by atoms with E-state index in [1.165, 1.54) is 76.1 Å². The maximum Gasteiger partial charge on any atom is 0.143 e. The first-order valence-electron chi connectivity index (χ1n) is 17.6. The van der Waals surface area contributed by atoms with Gasteiger partial charge in [0, 0.05) is 16.3 Å². The summed E-state index contributed by atoms with van der Waals surface area (Å²) in [7, 11) is 0. The van der Waals surface area contributed by atoms with Crippen LogP contribution in [0.1, 0.15) is 0 Å². The lowest BCUT2D eigenvalue weighted by atomic mass is 9.89. The third-order valence-corrected chi connectivity index (χ3v) is 10.8. The fourth-order valence-electron chi connectivity index (χ4n) is 8.35. The predicted molar refractivity (Wildman–Crippen MR) is 218 cm³/mol. The Balaban J connectivity index is 1.08. The quantitative estimate of drug-likeness (QED) is 0.174. The minimum absolute atomic E-state index is 0.919. The van der Waals surface area contributed by atoms with E-state index in [9.17, 15) is 0 Å². The molecular formula is C50H30O. The molecule has 0 aliphatic heterocycles. The molecule has 0 unspecified atom stereocenters. The van der Waals surface area contributed by atoms with Crippen LogP contribution >= 0.6 is 0 Å². The Morgan fingerprint density at radius 1 is 0.255 bits per heavy atom. The molecule has 0 radical (unpaired) electrons. The second-order valence-electron chi connectivity index (χ2n) is 13.7. The predicted octanol–water partition coefficient (Wildman–Crippen LogP) is 14.4. The van der Waals surface area contributed by atoms with Crippen molar-refractivity contribution in [2.45, 2.75) is 0 Å². The minimum atomic E-state index is 0.919. The van der Waals surface area contributed by atoms with E-state index in [-0.39, 0.29) is 0 Å². The van der Waals surface area contributed by atoms with Gasteiger partial charge in [0.25, 0.3) is 0 Å². The van der Waals surface area contributed by atoms with Gasteiger partial charge < -0.3 is 4.42 Å². The summed E-state index contributed by atoms with van der Waals surface area (Å²) in [4.78, 5) is 0. The molecule has 51 heavy (non-hydrogen) atoms. The molecule has 1 heteroatoms. The molecule has 1 heterocycles. The first kappa shape index (κ1) is 28.2. The molecule has 0 bridgehead atoms. The Morgan fingerprint density at radius 3 is 1.55 bits per heavy atom. The SMILES string of the molecule is c1ccc2c(-c3ccc4cc(-c5ccc6c7ccccc7c7ccc(-c8cccc9c8oc8ccccc89)cc7c6c5)ccc4c3)cccc2c1. The molecular weight excluding hydrogens is 617 g/mol. The monoisotopic (exact) mass is 646 g/mol. The Hall–Kier alpha value is -6.70. The van der Waals surface area contributed by atoms with E-state index in [1.807, 2.05) is 6.07 Å². The zero-order chi connectivity index (χ0) is 33.5. The Kier molecular flexibility index (Phi) is 6.02. The van der Waals surface area contributed by atoms with Crippen molar-refractivity contribution >= 4 is 75.8 Å². The minimum Gasteiger partial charge on any atom is -0.455 e. The van der Waals surface area contributed by atoms with E-state index in [4.69, 9.17) is 4.42 Å². The molecule has 10 aromatic carbocycles. The smallest absolute Gasteiger partial charge is 0.143 e. The molecule has 1 nitrogen and oxygen atoms in total. The third kappa shape index (κ3) is 4.35. The standard InChI is InChI=1S/C50H30O/c1-2-11-38-31(9-1)10-7-15-39(38)36-22-21-32-27-33(19-20-34(32)28-36)35-23-25-43-41-12-3-4-13-42(41)44-26-24-37(30-48(44)47(43)29-35)40-16-8-17-46-45-14-5-6-18-49(45)51-50(40)46/h1-30H. The Bertz CT molecular complexity index is 3190. The average Bonchev–Trinajstić information content (AvgIpc) is 3.59. The molecule has 0 saturated carbocycles. The number of hydrogen-bond donors (Lipinski definition) is 0. The van der Waals surface area contributed by atoms with Crippen LogP contribution in [-0.2, 0) is 0 Å². The van der Waals surface area contributed by atoms with Crippen LogP contribution in [0.25, 0.3) is 109 Å². The highest BCUT2D eigenvalue weighted by Crippen LogP contribution is 2.42. The Labute approximate surface area is 294 Å². The van der Waals surface area contributed by atoms with E-state index in [0.29, 0.717) is 0 Å². The number of fused-ring (bicyclic) bond motifs is 11. The summed E-state index contributed by atoms with van der Waals surface area (Å²) in [5, 5.41) is 14.9. The molecule has 0 saturated heterocycles. The van der Waals surface area contributed by atoms with Crippen LogP contribution in [0.2, 0.25) is 0 Å². The number of rotatable bonds is 3. The van der Waals surface area contributed by atoms with E-state index in [1.54, 1.807) is 0 Å². The van der Waals surface area contributed by atoms with Crippen molar-refractivity contribution in [2.75, 3.05) is 0 Å². The first-order valence-corrected chi connectivity index (χ1v) is 17.6. The van der Waals surface area contributed by atoms with Crippen LogP contribution in [0, 0.1) is 0 Å². The molecule has 0 fully saturated rings. The number of hydrogen-bond acceptors (Lipinski definition) is 1. The normalized spacial score (nSPS) is 11.9. The van der Waals surface area contributed by atoms with Crippen molar-refractivity contribution < 1.29 is 4.42 Å². The van der Waals surface area contributed by atoms with Gasteiger partial charge in [-0.2, -0.15) is 0 Å². The summed E-state index contributed by atoms with van der Waals surface area (Å²) in [6.07, 6.45) is 0. The van der Waals surface area contributed by atoms with Crippen LogP contribution in [0.5, 0.6) is 0 Å². The lowest BCUT2D eigenvalue weighted by Crippen LogP contribution is -1.87. The number of para-hydroxylation sites is 2. The summed E-state index contributed by atoms with van der Waals surface area (Å²) in [5.41, 5.74) is 9.05. The summed E-state index contributed by atoms with van der Waals surface area (Å²) < 4.78 is 6.47. The van der Waals surface area contributed by atoms with E-state index in [2.05, 4.69) is 176 Å². The van der Waals surface area contributed by atoms with Crippen molar-refractivity contribution in [3.8, 4) is 33.4 Å². The van der Waals surface area contributed by atoms with Crippen LogP contribution in [0.3, 0.4) is 0 Å². The molecule has 1 aromatic heterocycles. The zero-order valence-electron chi connectivity index (χ0n) is 27.7. The van der Waals surface area contributed by atoms with E-state index >= 15 is 0 Å². The highest BCUT2D eigenvalue weighted by molar-refractivity contribution is 6.26. The summed E-state index contributed by atoms with van der Waals surface area (Å²) >= 11 is 0. The first-order chi connectivity index (χ1) is 25.3. The van der Waals surface area contributed by atoms with Gasteiger partial charge in [0.15, 0.2) is 0 Å². The summed E-state index contributed by atoms with van der Waals surface area (Å²) in [6.45, 7) is 0. The molecule has 0 aliphatic carbocycles. The van der Waals surface area contributed by atoms with Gasteiger partial charge in [0.05, 0.1) is 0 Å². The maximum absolute atomic E-state index is 6.47. The van der Waals surface area contributed by atoms with Gasteiger partial charge in [0.1, 0.15) is 11.2 Å². The second-order valence-corrected chi connectivity index (χ2v) is 13.7. The number of furan rings is 1. The second kappa shape index (κ2) is 10.9. The molecule has 0 spiro atoms. The third-order valence-electron chi connectivity index (χ3n) is 10.8. The van der Waals surface area contributed by atoms with Gasteiger partial charge in [-0.05, 0) is 112 Å². The molecule has 0 aliphatic rings. The zero-order valence-corrected chi connectivity index (χ0v) is 27.7. The van der Waals surface area contributed by atoms with Crippen LogP contribution < -0.4 is 0 Å². The largest absolute Gasteiger partial charge is 0.455 e. The fraction of sp³-hybridized carbons (Fsp3) is 0. The van der Waals surface area contributed by atoms with Crippen LogP contribution in [0.4, 0.5) is 0 Å². The topological polar surface area (TPSA) is 13.1 Å². The van der Waals surface area contributed by atoms with Gasteiger partial charge in [0.2, 0.25) is 0 Å². The molecule has 236 valence electrons. The van der Waals surface area contributed by atoms with Gasteiger partial charge in [-0.15, -0.1) is 0 Å². The average molecular weight is 647 g/mol. The fourth-order valence-corrected chi connectivity index (χ4v) is 8.35. The Morgan fingerprint density at radius 2 is 0.745 bits per heavy atom. The van der Waals surface area contributed by atoms with Crippen molar-refractivity contribution in [1.82, 2.24) is 0 Å². The molecule has 0 N–H and O–H groups in total. The van der Waals surface area contributed by atoms with E-state index in [0.717, 1.165) is 33.1 Å². The molecule has 11 aromatic rings. The van der Waals surface area contributed by atoms with Gasteiger partial charge in [-0.3, -0.25) is 0 Å².